The van der Waals surface area contributed by atoms with Crippen LogP contribution in [0.2, 0.25) is 0 Å². The van der Waals surface area contributed by atoms with Crippen LogP contribution in [0.5, 0.6) is 0 Å². The molecule has 1 amide bonds. The van der Waals surface area contributed by atoms with Crippen molar-refractivity contribution in [2.45, 2.75) is 45.7 Å². The number of hydrogen-bond acceptors (Lipinski definition) is 3. The highest BCUT2D eigenvalue weighted by Crippen LogP contribution is 2.09. The summed E-state index contributed by atoms with van der Waals surface area (Å²) in [5, 5.41) is 2.64. The third kappa shape index (κ3) is 5.14. The van der Waals surface area contributed by atoms with E-state index in [1.165, 1.54) is 0 Å². The fourth-order valence-electron chi connectivity index (χ4n) is 1.77. The molecule has 0 rings (SSSR count). The largest absolute Gasteiger partial charge is 0.359 e. The molecule has 0 radical (unpaired) electrons. The number of hydrogen-bond donors (Lipinski definition) is 2. The van der Waals surface area contributed by atoms with Gasteiger partial charge in [-0.15, -0.1) is 0 Å². The van der Waals surface area contributed by atoms with Crippen LogP contribution in [0, 0.1) is 0 Å². The van der Waals surface area contributed by atoms with Crippen LogP contribution >= 0.6 is 0 Å². The Morgan fingerprint density at radius 2 is 2.07 bits per heavy atom. The van der Waals surface area contributed by atoms with Gasteiger partial charge in [0.25, 0.3) is 0 Å². The second kappa shape index (κ2) is 7.65. The van der Waals surface area contributed by atoms with E-state index in [0.717, 1.165) is 13.0 Å². The summed E-state index contributed by atoms with van der Waals surface area (Å²) in [7, 11) is 1.66. The fraction of sp³-hybridized carbons (Fsp3) is 0.909. The molecule has 0 saturated carbocycles. The summed E-state index contributed by atoms with van der Waals surface area (Å²) in [6, 6.07) is 0.591. The molecule has 0 spiro atoms. The molecule has 4 nitrogen and oxygen atoms in total. The molecule has 0 aliphatic heterocycles. The summed E-state index contributed by atoms with van der Waals surface area (Å²) >= 11 is 0. The summed E-state index contributed by atoms with van der Waals surface area (Å²) in [5.41, 5.74) is 5.72. The average Bonchev–Trinajstić information content (AvgIpc) is 2.22. The van der Waals surface area contributed by atoms with Gasteiger partial charge in [-0.3, -0.25) is 9.69 Å². The van der Waals surface area contributed by atoms with Gasteiger partial charge in [0.15, 0.2) is 0 Å². The van der Waals surface area contributed by atoms with Gasteiger partial charge in [0.2, 0.25) is 5.91 Å². The Morgan fingerprint density at radius 3 is 2.40 bits per heavy atom. The minimum atomic E-state index is 0.0622. The van der Waals surface area contributed by atoms with Crippen LogP contribution in [-0.2, 0) is 4.79 Å². The van der Waals surface area contributed by atoms with Crippen molar-refractivity contribution in [3.63, 3.8) is 0 Å². The number of nitrogens with two attached hydrogens (primary N) is 1. The zero-order valence-electron chi connectivity index (χ0n) is 10.4. The Hall–Kier alpha value is -0.610. The van der Waals surface area contributed by atoms with E-state index in [-0.39, 0.29) is 11.9 Å². The molecule has 0 aromatic carbocycles. The smallest absolute Gasteiger partial charge is 0.221 e. The molecule has 1 atom stereocenters. The quantitative estimate of drug-likeness (QED) is 0.653. The first kappa shape index (κ1) is 14.4. The molecule has 4 heteroatoms. The lowest BCUT2D eigenvalue weighted by atomic mass is 10.1. The third-order valence-electron chi connectivity index (χ3n) is 2.59. The molecule has 0 fully saturated rings. The number of carbonyl (C=O) groups is 1. The minimum absolute atomic E-state index is 0.0622. The molecule has 0 aromatic rings. The highest BCUT2D eigenvalue weighted by Gasteiger charge is 2.21. The molecule has 0 aromatic heterocycles. The molecule has 15 heavy (non-hydrogen) atoms. The summed E-state index contributed by atoms with van der Waals surface area (Å²) in [6.45, 7) is 7.95. The Morgan fingerprint density at radius 1 is 1.47 bits per heavy atom. The Bertz CT molecular complexity index is 183. The van der Waals surface area contributed by atoms with E-state index in [1.54, 1.807) is 7.05 Å². The van der Waals surface area contributed by atoms with Crippen molar-refractivity contribution in [1.29, 1.82) is 0 Å². The molecule has 0 bridgehead atoms. The number of nitrogens with one attached hydrogen (secondary N) is 1. The molecular formula is C11H25N3O. The van der Waals surface area contributed by atoms with Crippen molar-refractivity contribution in [1.82, 2.24) is 10.2 Å². The summed E-state index contributed by atoms with van der Waals surface area (Å²) in [5.74, 6) is 0.0622. The van der Waals surface area contributed by atoms with Crippen molar-refractivity contribution in [2.75, 3.05) is 20.1 Å². The van der Waals surface area contributed by atoms with Gasteiger partial charge >= 0.3 is 0 Å². The zero-order valence-corrected chi connectivity index (χ0v) is 10.4. The molecule has 90 valence electrons. The molecule has 0 aliphatic rings. The minimum Gasteiger partial charge on any atom is -0.359 e. The number of carbonyl (C=O) groups excluding carboxylic acids is 1. The molecule has 0 heterocycles. The third-order valence-corrected chi connectivity index (χ3v) is 2.59. The Balaban J connectivity index is 4.37. The second-order valence-electron chi connectivity index (χ2n) is 4.10. The highest BCUT2D eigenvalue weighted by molar-refractivity contribution is 5.76. The van der Waals surface area contributed by atoms with Gasteiger partial charge in [-0.1, -0.05) is 6.92 Å². The molecule has 1 unspecified atom stereocenters. The average molecular weight is 215 g/mol. The Labute approximate surface area is 93.2 Å². The number of rotatable bonds is 7. The zero-order chi connectivity index (χ0) is 11.8. The lowest BCUT2D eigenvalue weighted by Crippen LogP contribution is -2.47. The van der Waals surface area contributed by atoms with E-state index >= 15 is 0 Å². The van der Waals surface area contributed by atoms with Crippen LogP contribution in [0.4, 0.5) is 0 Å². The maximum Gasteiger partial charge on any atom is 0.221 e. The number of nitrogens with zero attached hydrogens (tertiary/aromatic N) is 1. The van der Waals surface area contributed by atoms with E-state index in [1.807, 2.05) is 0 Å². The molecular weight excluding hydrogens is 190 g/mol. The lowest BCUT2D eigenvalue weighted by molar-refractivity contribution is -0.121. The van der Waals surface area contributed by atoms with E-state index < -0.39 is 0 Å². The van der Waals surface area contributed by atoms with Gasteiger partial charge in [-0.2, -0.15) is 0 Å². The topological polar surface area (TPSA) is 58.4 Å². The van der Waals surface area contributed by atoms with E-state index in [9.17, 15) is 4.79 Å². The SMILES string of the molecule is CCCN(C(C)C)C(CN)CC(=O)NC. The first-order valence-electron chi connectivity index (χ1n) is 5.73. The van der Waals surface area contributed by atoms with Gasteiger partial charge in [0, 0.05) is 32.1 Å². The van der Waals surface area contributed by atoms with Gasteiger partial charge in [-0.05, 0) is 26.8 Å². The van der Waals surface area contributed by atoms with Gasteiger partial charge in [0.05, 0.1) is 0 Å². The predicted octanol–water partition coefficient (Wildman–Crippen LogP) is 0.570. The Kier molecular flexibility index (Phi) is 7.34. The van der Waals surface area contributed by atoms with Crippen molar-refractivity contribution in [3.8, 4) is 0 Å². The highest BCUT2D eigenvalue weighted by atomic mass is 16.1. The van der Waals surface area contributed by atoms with Crippen LogP contribution in [0.1, 0.15) is 33.6 Å². The van der Waals surface area contributed by atoms with Gasteiger partial charge in [0.1, 0.15) is 0 Å². The van der Waals surface area contributed by atoms with Gasteiger partial charge < -0.3 is 11.1 Å². The van der Waals surface area contributed by atoms with Gasteiger partial charge in [-0.25, -0.2) is 0 Å². The van der Waals surface area contributed by atoms with Crippen LogP contribution in [-0.4, -0.2) is 43.0 Å². The van der Waals surface area contributed by atoms with Crippen molar-refractivity contribution < 1.29 is 4.79 Å². The predicted molar refractivity (Wildman–Crippen MR) is 63.7 cm³/mol. The van der Waals surface area contributed by atoms with Crippen LogP contribution < -0.4 is 11.1 Å². The summed E-state index contributed by atoms with van der Waals surface area (Å²) in [6.07, 6.45) is 1.58. The van der Waals surface area contributed by atoms with Crippen LogP contribution in [0.15, 0.2) is 0 Å². The summed E-state index contributed by atoms with van der Waals surface area (Å²) in [4.78, 5) is 13.6. The van der Waals surface area contributed by atoms with E-state index in [0.29, 0.717) is 19.0 Å². The maximum atomic E-state index is 11.3. The molecule has 0 aliphatic carbocycles. The van der Waals surface area contributed by atoms with E-state index in [4.69, 9.17) is 5.73 Å². The maximum absolute atomic E-state index is 11.3. The first-order valence-corrected chi connectivity index (χ1v) is 5.73. The van der Waals surface area contributed by atoms with E-state index in [2.05, 4.69) is 31.0 Å². The van der Waals surface area contributed by atoms with Crippen molar-refractivity contribution in [3.05, 3.63) is 0 Å². The van der Waals surface area contributed by atoms with Crippen LogP contribution in [0.3, 0.4) is 0 Å². The molecule has 3 N–H and O–H groups in total. The molecule has 0 saturated heterocycles. The summed E-state index contributed by atoms with van der Waals surface area (Å²) < 4.78 is 0. The standard InChI is InChI=1S/C11H25N3O/c1-5-6-14(9(2)3)10(8-12)7-11(15)13-4/h9-10H,5-8,12H2,1-4H3,(H,13,15). The second-order valence-corrected chi connectivity index (χ2v) is 4.10. The van der Waals surface area contributed by atoms with Crippen molar-refractivity contribution >= 4 is 5.91 Å². The fourth-order valence-corrected chi connectivity index (χ4v) is 1.77. The van der Waals surface area contributed by atoms with Crippen molar-refractivity contribution in [2.24, 2.45) is 5.73 Å². The van der Waals surface area contributed by atoms with Crippen LogP contribution in [0.25, 0.3) is 0 Å². The normalized spacial score (nSPS) is 13.3. The first-order chi connectivity index (χ1) is 7.06. The monoisotopic (exact) mass is 215 g/mol. The lowest BCUT2D eigenvalue weighted by Gasteiger charge is -2.33. The number of amides is 1.